The molecule has 0 heterocycles. The van der Waals surface area contributed by atoms with Crippen LogP contribution in [0.5, 0.6) is 0 Å². The van der Waals surface area contributed by atoms with E-state index in [1.807, 2.05) is 0 Å². The number of Topliss-reactive ketones (excluding diaryl/α,β-unsaturated/α-hetero) is 1. The Balaban J connectivity index is 0.000000310. The maximum Gasteiger partial charge on any atom is 0.313 e. The highest BCUT2D eigenvalue weighted by Crippen LogP contribution is 2.35. The second-order valence-electron chi connectivity index (χ2n) is 31.2. The van der Waals surface area contributed by atoms with Gasteiger partial charge in [-0.15, -0.1) is 0 Å². The zero-order valence-electron chi connectivity index (χ0n) is 69.4. The molecule has 0 radical (unpaired) electrons. The molecule has 0 saturated heterocycles. The fourth-order valence-corrected chi connectivity index (χ4v) is 14.6. The monoisotopic (exact) mass is 1820 g/mol. The average Bonchev–Trinajstić information content (AvgIpc) is 0.832. The van der Waals surface area contributed by atoms with E-state index in [0.29, 0.717) is 62.8 Å². The number of ketones is 1. The molecule has 5 N–H and O–H groups in total. The second kappa shape index (κ2) is 45.9. The van der Waals surface area contributed by atoms with Crippen LogP contribution in [0.4, 0.5) is 22.0 Å². The molecule has 3 unspecified atom stereocenters. The van der Waals surface area contributed by atoms with E-state index in [9.17, 15) is 70.0 Å². The minimum absolute atomic E-state index is 0.0129. The highest BCUT2D eigenvalue weighted by Gasteiger charge is 2.24. The number of carbonyl (C=O) groups is 3. The molecule has 9 aromatic rings. The molecular formula is C91H111Br2F5N2O13S4. The Labute approximate surface area is 707 Å². The van der Waals surface area contributed by atoms with Gasteiger partial charge in [0.25, 0.3) is 0 Å². The molecule has 117 heavy (non-hydrogen) atoms. The van der Waals surface area contributed by atoms with E-state index >= 15 is 0 Å². The van der Waals surface area contributed by atoms with Crippen LogP contribution in [0.15, 0.2) is 185 Å². The van der Waals surface area contributed by atoms with Crippen LogP contribution in [0.1, 0.15) is 171 Å². The third kappa shape index (κ3) is 36.2. The van der Waals surface area contributed by atoms with Crippen molar-refractivity contribution in [1.29, 1.82) is 0 Å². The number of carboxylic acid groups (broad SMARTS) is 1. The van der Waals surface area contributed by atoms with Crippen molar-refractivity contribution < 1.29 is 79.9 Å². The van der Waals surface area contributed by atoms with Crippen LogP contribution in [-0.4, -0.2) is 111 Å². The van der Waals surface area contributed by atoms with Gasteiger partial charge in [0.05, 0.1) is 41.5 Å². The number of rotatable bonds is 26. The maximum atomic E-state index is 14.6. The molecule has 0 aliphatic rings. The first-order valence-corrected chi connectivity index (χ1v) is 47.7. The highest BCUT2D eigenvalue weighted by atomic mass is 79.9. The van der Waals surface area contributed by atoms with Gasteiger partial charge >= 0.3 is 11.9 Å². The lowest BCUT2D eigenvalue weighted by Crippen LogP contribution is -2.13. The van der Waals surface area contributed by atoms with E-state index in [1.165, 1.54) is 88.3 Å². The van der Waals surface area contributed by atoms with Crippen LogP contribution >= 0.6 is 31.9 Å². The summed E-state index contributed by atoms with van der Waals surface area (Å²) < 4.78 is 163. The number of sulfone groups is 4. The molecule has 636 valence electrons. The van der Waals surface area contributed by atoms with E-state index < -0.39 is 86.5 Å². The number of nitrogens with two attached hydrogens (primary N) is 2. The van der Waals surface area contributed by atoms with Crippen molar-refractivity contribution in [2.24, 2.45) is 11.5 Å². The van der Waals surface area contributed by atoms with Crippen LogP contribution < -0.4 is 11.5 Å². The maximum absolute atomic E-state index is 14.6. The lowest BCUT2D eigenvalue weighted by molar-refractivity contribution is -0.144. The number of esters is 1. The molecule has 0 aromatic heterocycles. The lowest BCUT2D eigenvalue weighted by atomic mass is 9.83. The van der Waals surface area contributed by atoms with Gasteiger partial charge in [0, 0.05) is 65.0 Å². The van der Waals surface area contributed by atoms with Gasteiger partial charge in [0.1, 0.15) is 74.2 Å². The van der Waals surface area contributed by atoms with E-state index in [2.05, 4.69) is 172 Å². The predicted octanol–water partition coefficient (Wildman–Crippen LogP) is 19.3. The summed E-state index contributed by atoms with van der Waals surface area (Å²) in [6.45, 7) is 25.2. The summed E-state index contributed by atoms with van der Waals surface area (Å²) in [6.07, 6.45) is 6.00. The smallest absolute Gasteiger partial charge is 0.313 e. The Hall–Kier alpha value is -8.08. The van der Waals surface area contributed by atoms with Crippen LogP contribution in [0.3, 0.4) is 0 Å². The number of benzene rings is 9. The van der Waals surface area contributed by atoms with Crippen molar-refractivity contribution >= 4 is 88.9 Å². The number of aryl methyl sites for hydroxylation is 7. The van der Waals surface area contributed by atoms with E-state index in [-0.39, 0.29) is 95.7 Å². The molecule has 9 rings (SSSR count). The minimum atomic E-state index is -3.17. The Kier molecular flexibility index (Phi) is 39.7. The van der Waals surface area contributed by atoms with Gasteiger partial charge in [-0.25, -0.2) is 55.6 Å². The van der Waals surface area contributed by atoms with E-state index in [0.717, 1.165) is 52.3 Å². The summed E-state index contributed by atoms with van der Waals surface area (Å²) in [5, 5.41) is 8.80. The van der Waals surface area contributed by atoms with Crippen LogP contribution in [-0.2, 0) is 114 Å². The third-order valence-corrected chi connectivity index (χ3v) is 23.7. The molecule has 15 nitrogen and oxygen atoms in total. The Bertz CT molecular complexity index is 5360. The molecule has 9 aromatic carbocycles. The number of halogens is 7. The summed E-state index contributed by atoms with van der Waals surface area (Å²) in [5.74, 6) is -5.67. The number of hydrogen-bond acceptors (Lipinski definition) is 14. The SMILES string of the molecule is CC(C(=O)O)c1ccc(CCS(C)(=O)=O)c(F)c1.CCOC(=O)C(C)c1ccc(CCS(C)(=O)=O)c(F)c1.CS(=O)(=O)CCc1ccc(Br)cc1F.Cc1cccc(-c2cc(C(C)(C)C)ccc2CCC(=O)C(C)c2ccc(CCS(C)(=O)=O)c(F)c2)c1.Cc1cccc(-c2cc(C(C)(C)C)ccc2CN)c1.NCc1ccc(Br)cc1F. The van der Waals surface area contributed by atoms with Gasteiger partial charge in [0.15, 0.2) is 0 Å². The molecule has 26 heteroatoms. The van der Waals surface area contributed by atoms with Crippen molar-refractivity contribution in [3.8, 4) is 22.3 Å². The number of aliphatic carboxylic acids is 1. The first kappa shape index (κ1) is 101. The second-order valence-corrected chi connectivity index (χ2v) is 42.0. The summed E-state index contributed by atoms with van der Waals surface area (Å²) in [4.78, 5) is 35.4. The van der Waals surface area contributed by atoms with E-state index in [1.54, 1.807) is 63.2 Å². The molecule has 0 aliphatic carbocycles. The van der Waals surface area contributed by atoms with Crippen molar-refractivity contribution in [2.75, 3.05) is 54.6 Å². The Morgan fingerprint density at radius 2 is 0.726 bits per heavy atom. The first-order chi connectivity index (χ1) is 54.2. The van der Waals surface area contributed by atoms with Crippen molar-refractivity contribution in [3.05, 3.63) is 292 Å². The molecular weight excluding hydrogens is 1710 g/mol. The molecule has 0 amide bonds. The number of carbonyl (C=O) groups excluding carboxylic acids is 2. The zero-order valence-corrected chi connectivity index (χ0v) is 75.9. The first-order valence-electron chi connectivity index (χ1n) is 37.9. The third-order valence-electron chi connectivity index (χ3n) is 18.9. The van der Waals surface area contributed by atoms with Gasteiger partial charge < -0.3 is 21.3 Å². The number of hydrogen-bond donors (Lipinski definition) is 3. The molecule has 0 fully saturated rings. The summed E-state index contributed by atoms with van der Waals surface area (Å²) in [7, 11) is -12.5. The van der Waals surface area contributed by atoms with Gasteiger partial charge in [-0.2, -0.15) is 0 Å². The zero-order chi connectivity index (χ0) is 88.3. The van der Waals surface area contributed by atoms with Crippen molar-refractivity contribution in [1.82, 2.24) is 0 Å². The van der Waals surface area contributed by atoms with Gasteiger partial charge in [-0.05, 0) is 203 Å². The fourth-order valence-electron chi connectivity index (χ4n) is 11.6. The van der Waals surface area contributed by atoms with E-state index in [4.69, 9.17) is 21.3 Å². The normalized spacial score (nSPS) is 12.4. The van der Waals surface area contributed by atoms with Crippen molar-refractivity contribution in [3.63, 3.8) is 0 Å². The lowest BCUT2D eigenvalue weighted by Gasteiger charge is -2.22. The molecule has 0 bridgehead atoms. The predicted molar refractivity (Wildman–Crippen MR) is 470 cm³/mol. The quantitative estimate of drug-likeness (QED) is 0.0336. The average molecular weight is 1820 g/mol. The molecule has 0 aliphatic heterocycles. The molecule has 3 atom stereocenters. The molecule has 0 spiro atoms. The Morgan fingerprint density at radius 1 is 0.410 bits per heavy atom. The number of ether oxygens (including phenoxy) is 1. The van der Waals surface area contributed by atoms with Gasteiger partial charge in [-0.1, -0.05) is 225 Å². The minimum Gasteiger partial charge on any atom is -0.481 e. The van der Waals surface area contributed by atoms with Crippen LogP contribution in [0.2, 0.25) is 0 Å². The van der Waals surface area contributed by atoms with Crippen LogP contribution in [0.25, 0.3) is 22.3 Å². The van der Waals surface area contributed by atoms with Crippen molar-refractivity contribution in [2.45, 2.75) is 163 Å². The summed E-state index contributed by atoms with van der Waals surface area (Å²) >= 11 is 6.27. The standard InChI is InChI=1S/C31H37FO3S.C18H23N.C14H19FO4S.C12H15FO4S.C9H10BrFO2S.C7H7BrFN/c1-21-8-7-9-26(18-21)28-20-27(31(3,4)5)14-12-23(28)13-15-30(33)22(2)25-11-10-24(29(32)19-25)16-17-36(6,34)35;1-13-6-5-7-14(10-13)17-11-16(18(2,3)4)9-8-15(17)12-19;1-4-19-14(16)10(2)12-6-5-11(13(15)9-12)7-8-20(3,17)18;1-8(12(14)15)10-4-3-9(11(13)7-10)5-6-18(2,16)17;1-14(12,13)5-4-7-2-3-8(10)6-9(7)11;8-6-2-1-5(4-10)7(9)3-6/h7-12,14,18-20,22H,13,15-17H2,1-6H3;5-11H,12,19H2,1-4H3;5-6,9-10H,4,7-8H2,1-3H3;3-4,7-8H,5-6H2,1-2H3,(H,14,15);2-3,6H,4-5H2,1H3;1-3H,4,10H2. The highest BCUT2D eigenvalue weighted by molar-refractivity contribution is 9.10. The Morgan fingerprint density at radius 3 is 1.04 bits per heavy atom. The van der Waals surface area contributed by atoms with Gasteiger partial charge in [0.2, 0.25) is 0 Å². The topological polar surface area (TPSA) is 269 Å². The summed E-state index contributed by atoms with van der Waals surface area (Å²) in [6, 6.07) is 52.9. The fraction of sp³-hybridized carbons (Fsp3) is 0.374. The number of carboxylic acids is 1. The van der Waals surface area contributed by atoms with Gasteiger partial charge in [-0.3, -0.25) is 14.4 Å². The summed E-state index contributed by atoms with van der Waals surface area (Å²) in [5.41, 5.74) is 26.9. The molecule has 0 saturated carbocycles. The largest absolute Gasteiger partial charge is 0.481 e. The van der Waals surface area contributed by atoms with Crippen LogP contribution in [0, 0.1) is 42.9 Å².